The zero-order chi connectivity index (χ0) is 10.3. The maximum atomic E-state index is 5.31. The first-order valence-corrected chi connectivity index (χ1v) is 4.72. The highest BCUT2D eigenvalue weighted by Gasteiger charge is 2.04. The summed E-state index contributed by atoms with van der Waals surface area (Å²) < 4.78 is 0. The number of anilines is 1. The monoisotopic (exact) mass is 198 g/mol. The Morgan fingerprint density at radius 3 is 2.80 bits per heavy atom. The van der Waals surface area contributed by atoms with Gasteiger partial charge in [-0.1, -0.05) is 18.2 Å². The van der Waals surface area contributed by atoms with Gasteiger partial charge in [0.05, 0.1) is 0 Å². The highest BCUT2D eigenvalue weighted by atomic mass is 15.2. The van der Waals surface area contributed by atoms with E-state index >= 15 is 0 Å². The van der Waals surface area contributed by atoms with E-state index < -0.39 is 0 Å². The van der Waals surface area contributed by atoms with Gasteiger partial charge in [-0.25, -0.2) is 10.8 Å². The average molecular weight is 198 g/mol. The summed E-state index contributed by atoms with van der Waals surface area (Å²) in [6.45, 7) is 0. The number of rotatable bonds is 1. The van der Waals surface area contributed by atoms with Crippen LogP contribution in [-0.2, 0) is 0 Å². The van der Waals surface area contributed by atoms with Crippen molar-refractivity contribution < 1.29 is 0 Å². The number of nitrogen functional groups attached to an aromatic ring is 1. The summed E-state index contributed by atoms with van der Waals surface area (Å²) in [6.07, 6.45) is 0. The number of para-hydroxylation sites is 1. The quantitative estimate of drug-likeness (QED) is 0.414. The van der Waals surface area contributed by atoms with Crippen molar-refractivity contribution in [3.8, 4) is 0 Å². The smallest absolute Gasteiger partial charge is 0.142 e. The first-order valence-electron chi connectivity index (χ1n) is 4.72. The van der Waals surface area contributed by atoms with Crippen molar-refractivity contribution in [2.24, 2.45) is 5.84 Å². The minimum atomic E-state index is 0.661. The third kappa shape index (κ3) is 1.15. The summed E-state index contributed by atoms with van der Waals surface area (Å²) in [5, 5.41) is 2.30. The maximum Gasteiger partial charge on any atom is 0.142 e. The lowest BCUT2D eigenvalue weighted by molar-refractivity contribution is 1.25. The SMILES string of the molecule is NNc1ccc2c(n1)[nH]c1ccccc12. The van der Waals surface area contributed by atoms with Gasteiger partial charge in [-0.15, -0.1) is 0 Å². The number of hydrogen-bond acceptors (Lipinski definition) is 3. The van der Waals surface area contributed by atoms with Crippen LogP contribution in [-0.4, -0.2) is 9.97 Å². The Kier molecular flexibility index (Phi) is 1.63. The molecule has 0 aliphatic heterocycles. The number of aromatic amines is 1. The number of benzene rings is 1. The molecule has 0 saturated carbocycles. The second-order valence-corrected chi connectivity index (χ2v) is 3.41. The second kappa shape index (κ2) is 2.96. The van der Waals surface area contributed by atoms with Gasteiger partial charge in [0.2, 0.25) is 0 Å². The molecule has 0 amide bonds. The van der Waals surface area contributed by atoms with Crippen LogP contribution >= 0.6 is 0 Å². The normalized spacial score (nSPS) is 11.0. The van der Waals surface area contributed by atoms with Crippen LogP contribution in [0.2, 0.25) is 0 Å². The molecule has 74 valence electrons. The highest BCUT2D eigenvalue weighted by Crippen LogP contribution is 2.24. The first-order chi connectivity index (χ1) is 7.38. The van der Waals surface area contributed by atoms with Gasteiger partial charge in [-0.3, -0.25) is 0 Å². The van der Waals surface area contributed by atoms with Crippen LogP contribution in [0.25, 0.3) is 21.9 Å². The third-order valence-corrected chi connectivity index (χ3v) is 2.51. The number of hydrazine groups is 1. The van der Waals surface area contributed by atoms with Crippen LogP contribution in [0.3, 0.4) is 0 Å². The lowest BCUT2D eigenvalue weighted by atomic mass is 10.2. The average Bonchev–Trinajstić information content (AvgIpc) is 2.66. The van der Waals surface area contributed by atoms with Crippen molar-refractivity contribution in [3.05, 3.63) is 36.4 Å². The molecule has 1 aromatic carbocycles. The van der Waals surface area contributed by atoms with Crippen molar-refractivity contribution in [3.63, 3.8) is 0 Å². The molecule has 0 spiro atoms. The molecular formula is C11H10N4. The number of nitrogens with zero attached hydrogens (tertiary/aromatic N) is 1. The van der Waals surface area contributed by atoms with Gasteiger partial charge < -0.3 is 10.4 Å². The fraction of sp³-hybridized carbons (Fsp3) is 0. The second-order valence-electron chi connectivity index (χ2n) is 3.41. The van der Waals surface area contributed by atoms with E-state index in [9.17, 15) is 0 Å². The van der Waals surface area contributed by atoms with Gasteiger partial charge in [0, 0.05) is 16.3 Å². The molecule has 0 radical (unpaired) electrons. The number of pyridine rings is 1. The lowest BCUT2D eigenvalue weighted by Crippen LogP contribution is -2.07. The zero-order valence-corrected chi connectivity index (χ0v) is 7.99. The minimum absolute atomic E-state index is 0.661. The van der Waals surface area contributed by atoms with Gasteiger partial charge in [-0.2, -0.15) is 0 Å². The van der Waals surface area contributed by atoms with E-state index in [1.807, 2.05) is 30.3 Å². The fourth-order valence-corrected chi connectivity index (χ4v) is 1.81. The van der Waals surface area contributed by atoms with Crippen molar-refractivity contribution in [2.45, 2.75) is 0 Å². The summed E-state index contributed by atoms with van der Waals surface area (Å²) in [5.74, 6) is 5.97. The molecule has 2 heterocycles. The molecule has 0 fully saturated rings. The molecule has 0 unspecified atom stereocenters. The molecule has 2 aromatic heterocycles. The van der Waals surface area contributed by atoms with Crippen LogP contribution in [0.15, 0.2) is 36.4 Å². The van der Waals surface area contributed by atoms with Crippen LogP contribution in [0, 0.1) is 0 Å². The summed E-state index contributed by atoms with van der Waals surface area (Å²) in [7, 11) is 0. The van der Waals surface area contributed by atoms with Gasteiger partial charge >= 0.3 is 0 Å². The Labute approximate surface area is 86.1 Å². The molecule has 4 heteroatoms. The van der Waals surface area contributed by atoms with Gasteiger partial charge in [0.25, 0.3) is 0 Å². The lowest BCUT2D eigenvalue weighted by Gasteiger charge is -1.97. The summed E-state index contributed by atoms with van der Waals surface area (Å²) >= 11 is 0. The molecule has 0 saturated heterocycles. The third-order valence-electron chi connectivity index (χ3n) is 2.51. The van der Waals surface area contributed by atoms with Crippen molar-refractivity contribution in [1.29, 1.82) is 0 Å². The van der Waals surface area contributed by atoms with Crippen LogP contribution in [0.4, 0.5) is 5.82 Å². The summed E-state index contributed by atoms with van der Waals surface area (Å²) in [4.78, 5) is 7.59. The van der Waals surface area contributed by atoms with E-state index in [0.29, 0.717) is 5.82 Å². The largest absolute Gasteiger partial charge is 0.339 e. The molecular weight excluding hydrogens is 188 g/mol. The summed E-state index contributed by atoms with van der Waals surface area (Å²) in [6, 6.07) is 12.0. The van der Waals surface area contributed by atoms with E-state index in [0.717, 1.165) is 16.6 Å². The number of hydrogen-bond donors (Lipinski definition) is 3. The number of H-pyrrole nitrogens is 1. The van der Waals surface area contributed by atoms with Gasteiger partial charge in [0.15, 0.2) is 0 Å². The molecule has 0 aliphatic rings. The van der Waals surface area contributed by atoms with E-state index in [-0.39, 0.29) is 0 Å². The van der Waals surface area contributed by atoms with Gasteiger partial charge in [0.1, 0.15) is 11.5 Å². The molecule has 0 bridgehead atoms. The van der Waals surface area contributed by atoms with Gasteiger partial charge in [-0.05, 0) is 18.2 Å². The molecule has 3 rings (SSSR count). The summed E-state index contributed by atoms with van der Waals surface area (Å²) in [5.41, 5.74) is 4.48. The van der Waals surface area contributed by atoms with Crippen molar-refractivity contribution >= 4 is 27.8 Å². The van der Waals surface area contributed by atoms with Crippen LogP contribution in [0.5, 0.6) is 0 Å². The van der Waals surface area contributed by atoms with E-state index in [4.69, 9.17) is 5.84 Å². The number of aromatic nitrogens is 2. The molecule has 4 nitrogen and oxygen atoms in total. The zero-order valence-electron chi connectivity index (χ0n) is 7.99. The molecule has 0 aliphatic carbocycles. The van der Waals surface area contributed by atoms with E-state index in [2.05, 4.69) is 21.5 Å². The molecule has 3 aromatic rings. The maximum absolute atomic E-state index is 5.31. The van der Waals surface area contributed by atoms with Crippen molar-refractivity contribution in [1.82, 2.24) is 9.97 Å². The Balaban J connectivity index is 2.43. The highest BCUT2D eigenvalue weighted by molar-refractivity contribution is 6.06. The van der Waals surface area contributed by atoms with E-state index in [1.54, 1.807) is 0 Å². The number of nitrogens with one attached hydrogen (secondary N) is 2. The van der Waals surface area contributed by atoms with Crippen LogP contribution in [0.1, 0.15) is 0 Å². The topological polar surface area (TPSA) is 66.7 Å². The molecule has 15 heavy (non-hydrogen) atoms. The molecule has 4 N–H and O–H groups in total. The predicted octanol–water partition coefficient (Wildman–Crippen LogP) is 2.00. The molecule has 0 atom stereocenters. The van der Waals surface area contributed by atoms with Crippen LogP contribution < -0.4 is 11.3 Å². The standard InChI is InChI=1S/C11H10N4/c12-15-10-6-5-8-7-3-1-2-4-9(7)13-11(8)14-10/h1-6H,12H2,(H2,13,14,15). The Morgan fingerprint density at radius 2 is 1.93 bits per heavy atom. The first kappa shape index (κ1) is 8.26. The number of nitrogens with two attached hydrogens (primary N) is 1. The minimum Gasteiger partial charge on any atom is -0.339 e. The van der Waals surface area contributed by atoms with Crippen molar-refractivity contribution in [2.75, 3.05) is 5.43 Å². The van der Waals surface area contributed by atoms with E-state index in [1.165, 1.54) is 5.39 Å². The Bertz CT molecular complexity index is 627. The Hall–Kier alpha value is -2.07. The number of fused-ring (bicyclic) bond motifs is 3. The Morgan fingerprint density at radius 1 is 1.07 bits per heavy atom. The fourth-order valence-electron chi connectivity index (χ4n) is 1.81. The predicted molar refractivity (Wildman–Crippen MR) is 61.4 cm³/mol.